The van der Waals surface area contributed by atoms with Gasteiger partial charge in [-0.3, -0.25) is 4.79 Å². The van der Waals surface area contributed by atoms with E-state index in [0.29, 0.717) is 30.2 Å². The molecule has 0 spiro atoms. The first-order chi connectivity index (χ1) is 12.7. The van der Waals surface area contributed by atoms with Crippen molar-refractivity contribution in [2.45, 2.75) is 38.0 Å². The lowest BCUT2D eigenvalue weighted by atomic mass is 9.96. The van der Waals surface area contributed by atoms with Crippen LogP contribution in [0.5, 0.6) is 11.5 Å². The summed E-state index contributed by atoms with van der Waals surface area (Å²) in [5.41, 5.74) is 2.00. The van der Waals surface area contributed by atoms with E-state index in [1.165, 1.54) is 5.56 Å². The van der Waals surface area contributed by atoms with Crippen molar-refractivity contribution < 1.29 is 14.3 Å². The van der Waals surface area contributed by atoms with E-state index in [0.717, 1.165) is 25.7 Å². The minimum absolute atomic E-state index is 0.0781. The number of hydrogen-bond donors (Lipinski definition) is 1. The van der Waals surface area contributed by atoms with Crippen LogP contribution >= 0.6 is 0 Å². The van der Waals surface area contributed by atoms with Crippen LogP contribution in [-0.2, 0) is 5.41 Å². The van der Waals surface area contributed by atoms with Gasteiger partial charge in [0, 0.05) is 17.5 Å². The summed E-state index contributed by atoms with van der Waals surface area (Å²) in [6.45, 7) is 3.43. The van der Waals surface area contributed by atoms with Crippen molar-refractivity contribution in [2.75, 3.05) is 20.3 Å². The van der Waals surface area contributed by atoms with Gasteiger partial charge >= 0.3 is 0 Å². The highest BCUT2D eigenvalue weighted by Crippen LogP contribution is 2.47. The molecule has 1 N–H and O–H groups in total. The van der Waals surface area contributed by atoms with Gasteiger partial charge < -0.3 is 14.8 Å². The van der Waals surface area contributed by atoms with Crippen LogP contribution in [0, 0.1) is 0 Å². The zero-order valence-electron chi connectivity index (χ0n) is 15.6. The fourth-order valence-corrected chi connectivity index (χ4v) is 3.12. The standard InChI is InChI=1S/C22H27NO3/c1-3-4-14-26-19-11-10-17(15-20(19)25-2)21(24)23-16-22(12-13-22)18-8-6-5-7-9-18/h5-11,15H,3-4,12-14,16H2,1-2H3,(H,23,24). The number of unbranched alkanes of at least 4 members (excludes halogenated alkanes) is 1. The van der Waals surface area contributed by atoms with E-state index in [9.17, 15) is 4.79 Å². The van der Waals surface area contributed by atoms with Crippen molar-refractivity contribution in [2.24, 2.45) is 0 Å². The van der Waals surface area contributed by atoms with Crippen molar-refractivity contribution in [1.29, 1.82) is 0 Å². The number of carbonyl (C=O) groups is 1. The Morgan fingerprint density at radius 3 is 2.54 bits per heavy atom. The molecule has 1 aliphatic carbocycles. The molecule has 2 aromatic rings. The minimum Gasteiger partial charge on any atom is -0.493 e. The van der Waals surface area contributed by atoms with Crippen LogP contribution in [0.3, 0.4) is 0 Å². The van der Waals surface area contributed by atoms with Crippen LogP contribution in [0.4, 0.5) is 0 Å². The predicted molar refractivity (Wildman–Crippen MR) is 103 cm³/mol. The van der Waals surface area contributed by atoms with Crippen LogP contribution in [-0.4, -0.2) is 26.2 Å². The summed E-state index contributed by atoms with van der Waals surface area (Å²) < 4.78 is 11.1. The first-order valence-electron chi connectivity index (χ1n) is 9.33. The fraction of sp³-hybridized carbons (Fsp3) is 0.409. The van der Waals surface area contributed by atoms with Gasteiger partial charge in [0.25, 0.3) is 5.91 Å². The quantitative estimate of drug-likeness (QED) is 0.682. The molecule has 1 saturated carbocycles. The molecule has 138 valence electrons. The Morgan fingerprint density at radius 1 is 1.12 bits per heavy atom. The summed E-state index contributed by atoms with van der Waals surface area (Å²) in [5, 5.41) is 3.09. The molecule has 0 radical (unpaired) electrons. The summed E-state index contributed by atoms with van der Waals surface area (Å²) in [6.07, 6.45) is 4.30. The van der Waals surface area contributed by atoms with Gasteiger partial charge in [0.2, 0.25) is 0 Å². The number of amides is 1. The maximum absolute atomic E-state index is 12.6. The zero-order chi connectivity index (χ0) is 18.4. The third kappa shape index (κ3) is 4.18. The summed E-state index contributed by atoms with van der Waals surface area (Å²) in [5.74, 6) is 1.20. The SMILES string of the molecule is CCCCOc1ccc(C(=O)NCC2(c3ccccc3)CC2)cc1OC. The third-order valence-corrected chi connectivity index (χ3v) is 5.01. The van der Waals surface area contributed by atoms with Gasteiger partial charge in [0.1, 0.15) is 0 Å². The molecule has 2 aromatic carbocycles. The van der Waals surface area contributed by atoms with E-state index in [4.69, 9.17) is 9.47 Å². The molecule has 3 rings (SSSR count). The summed E-state index contributed by atoms with van der Waals surface area (Å²) in [6, 6.07) is 15.8. The monoisotopic (exact) mass is 353 g/mol. The molecule has 0 aliphatic heterocycles. The zero-order valence-corrected chi connectivity index (χ0v) is 15.6. The molecular formula is C22H27NO3. The first-order valence-corrected chi connectivity index (χ1v) is 9.33. The molecule has 4 nitrogen and oxygen atoms in total. The molecule has 0 bridgehead atoms. The molecule has 4 heteroatoms. The number of ether oxygens (including phenoxy) is 2. The van der Waals surface area contributed by atoms with Gasteiger partial charge in [-0.05, 0) is 43.0 Å². The van der Waals surface area contributed by atoms with Gasteiger partial charge in [-0.15, -0.1) is 0 Å². The Bertz CT molecular complexity index is 738. The lowest BCUT2D eigenvalue weighted by molar-refractivity contribution is 0.0949. The summed E-state index contributed by atoms with van der Waals surface area (Å²) in [4.78, 5) is 12.6. The second-order valence-corrected chi connectivity index (χ2v) is 6.90. The third-order valence-electron chi connectivity index (χ3n) is 5.01. The Morgan fingerprint density at radius 2 is 1.88 bits per heavy atom. The maximum atomic E-state index is 12.6. The highest BCUT2D eigenvalue weighted by molar-refractivity contribution is 5.95. The van der Waals surface area contributed by atoms with Crippen molar-refractivity contribution in [1.82, 2.24) is 5.32 Å². The van der Waals surface area contributed by atoms with E-state index in [2.05, 4.69) is 36.5 Å². The molecule has 0 aromatic heterocycles. The van der Waals surface area contributed by atoms with Gasteiger partial charge in [-0.1, -0.05) is 43.7 Å². The number of benzene rings is 2. The number of methoxy groups -OCH3 is 1. The van der Waals surface area contributed by atoms with Gasteiger partial charge in [0.05, 0.1) is 13.7 Å². The van der Waals surface area contributed by atoms with Crippen LogP contribution in [0.15, 0.2) is 48.5 Å². The van der Waals surface area contributed by atoms with E-state index in [1.54, 1.807) is 19.2 Å². The maximum Gasteiger partial charge on any atom is 0.251 e. The van der Waals surface area contributed by atoms with Crippen molar-refractivity contribution in [3.63, 3.8) is 0 Å². The van der Waals surface area contributed by atoms with Gasteiger partial charge in [-0.25, -0.2) is 0 Å². The lowest BCUT2D eigenvalue weighted by Gasteiger charge is -2.17. The number of hydrogen-bond acceptors (Lipinski definition) is 3. The van der Waals surface area contributed by atoms with E-state index in [1.807, 2.05) is 12.1 Å². The summed E-state index contributed by atoms with van der Waals surface area (Å²) in [7, 11) is 1.60. The minimum atomic E-state index is -0.0781. The number of rotatable bonds is 9. The van der Waals surface area contributed by atoms with Crippen LogP contribution in [0.25, 0.3) is 0 Å². The largest absolute Gasteiger partial charge is 0.493 e. The lowest BCUT2D eigenvalue weighted by Crippen LogP contribution is -2.32. The molecule has 0 atom stereocenters. The average molecular weight is 353 g/mol. The predicted octanol–water partition coefficient (Wildman–Crippen LogP) is 4.34. The molecule has 0 saturated heterocycles. The van der Waals surface area contributed by atoms with Crippen molar-refractivity contribution in [3.8, 4) is 11.5 Å². The van der Waals surface area contributed by atoms with Crippen molar-refractivity contribution >= 4 is 5.91 Å². The van der Waals surface area contributed by atoms with E-state index >= 15 is 0 Å². The smallest absolute Gasteiger partial charge is 0.251 e. The fourth-order valence-electron chi connectivity index (χ4n) is 3.12. The van der Waals surface area contributed by atoms with Crippen LogP contribution in [0.1, 0.15) is 48.5 Å². The van der Waals surface area contributed by atoms with E-state index < -0.39 is 0 Å². The summed E-state index contributed by atoms with van der Waals surface area (Å²) >= 11 is 0. The Labute approximate surface area is 155 Å². The topological polar surface area (TPSA) is 47.6 Å². The normalized spacial score (nSPS) is 14.5. The molecule has 26 heavy (non-hydrogen) atoms. The average Bonchev–Trinajstić information content (AvgIpc) is 3.48. The first kappa shape index (κ1) is 18.3. The Balaban J connectivity index is 1.63. The van der Waals surface area contributed by atoms with Crippen LogP contribution < -0.4 is 14.8 Å². The molecule has 0 unspecified atom stereocenters. The number of carbonyl (C=O) groups excluding carboxylic acids is 1. The number of nitrogens with one attached hydrogen (secondary N) is 1. The second-order valence-electron chi connectivity index (χ2n) is 6.90. The Hall–Kier alpha value is -2.49. The van der Waals surface area contributed by atoms with Crippen molar-refractivity contribution in [3.05, 3.63) is 59.7 Å². The highest BCUT2D eigenvalue weighted by atomic mass is 16.5. The molecule has 1 amide bonds. The molecule has 1 fully saturated rings. The molecule has 0 heterocycles. The highest BCUT2D eigenvalue weighted by Gasteiger charge is 2.44. The van der Waals surface area contributed by atoms with Gasteiger partial charge in [-0.2, -0.15) is 0 Å². The second kappa shape index (κ2) is 8.26. The van der Waals surface area contributed by atoms with Gasteiger partial charge in [0.15, 0.2) is 11.5 Å². The molecular weight excluding hydrogens is 326 g/mol. The molecule has 1 aliphatic rings. The van der Waals surface area contributed by atoms with E-state index in [-0.39, 0.29) is 11.3 Å². The Kier molecular flexibility index (Phi) is 5.82. The van der Waals surface area contributed by atoms with Crippen LogP contribution in [0.2, 0.25) is 0 Å².